The molecule has 1 N–H and O–H groups in total. The molecule has 0 aliphatic carbocycles. The standard InChI is InChI=1S/C16H16BrN3OS/c1-2-20-15(19-14-4-3-9-18-10-14)22-11-16(20,21)12-5-7-13(17)8-6-12/h3-10,21H,2,11H2,1H3. The van der Waals surface area contributed by atoms with Gasteiger partial charge in [-0.3, -0.25) is 4.98 Å². The molecule has 0 radical (unpaired) electrons. The third kappa shape index (κ3) is 2.91. The van der Waals surface area contributed by atoms with Crippen LogP contribution in [0, 0.1) is 0 Å². The lowest BCUT2D eigenvalue weighted by Gasteiger charge is -2.33. The van der Waals surface area contributed by atoms with Gasteiger partial charge in [0, 0.05) is 22.8 Å². The molecule has 1 unspecified atom stereocenters. The first-order valence-electron chi connectivity index (χ1n) is 7.01. The molecule has 0 saturated carbocycles. The second-order valence-electron chi connectivity index (χ2n) is 4.96. The van der Waals surface area contributed by atoms with Crippen molar-refractivity contribution in [1.82, 2.24) is 9.88 Å². The van der Waals surface area contributed by atoms with Crippen LogP contribution in [0.2, 0.25) is 0 Å². The first kappa shape index (κ1) is 15.5. The van der Waals surface area contributed by atoms with Crippen LogP contribution < -0.4 is 0 Å². The molecule has 1 aromatic heterocycles. The minimum absolute atomic E-state index is 0.557. The molecule has 4 nitrogen and oxygen atoms in total. The van der Waals surface area contributed by atoms with Crippen molar-refractivity contribution in [3.63, 3.8) is 0 Å². The van der Waals surface area contributed by atoms with E-state index in [1.54, 1.807) is 24.2 Å². The fraction of sp³-hybridized carbons (Fsp3) is 0.250. The average Bonchev–Trinajstić information content (AvgIpc) is 2.86. The maximum absolute atomic E-state index is 11.2. The summed E-state index contributed by atoms with van der Waals surface area (Å²) in [5, 5.41) is 12.0. The Labute approximate surface area is 142 Å². The highest BCUT2D eigenvalue weighted by Crippen LogP contribution is 2.39. The number of aliphatic imine (C=N–C) groups is 1. The van der Waals surface area contributed by atoms with Gasteiger partial charge in [0.25, 0.3) is 0 Å². The molecular weight excluding hydrogens is 362 g/mol. The van der Waals surface area contributed by atoms with Crippen LogP contribution in [0.25, 0.3) is 0 Å². The second kappa shape index (κ2) is 6.40. The molecule has 1 aliphatic heterocycles. The third-order valence-corrected chi connectivity index (χ3v) is 5.22. The molecule has 114 valence electrons. The molecule has 1 atom stereocenters. The van der Waals surface area contributed by atoms with Gasteiger partial charge in [-0.25, -0.2) is 4.99 Å². The zero-order valence-corrected chi connectivity index (χ0v) is 14.5. The molecule has 0 bridgehead atoms. The molecule has 2 heterocycles. The van der Waals surface area contributed by atoms with Crippen LogP contribution in [0.15, 0.2) is 58.3 Å². The summed E-state index contributed by atoms with van der Waals surface area (Å²) in [6.07, 6.45) is 3.44. The Balaban J connectivity index is 1.95. The zero-order chi connectivity index (χ0) is 15.6. The van der Waals surface area contributed by atoms with Crippen molar-refractivity contribution in [2.24, 2.45) is 4.99 Å². The van der Waals surface area contributed by atoms with Crippen LogP contribution in [-0.4, -0.2) is 32.5 Å². The van der Waals surface area contributed by atoms with E-state index in [0.717, 1.165) is 20.9 Å². The lowest BCUT2D eigenvalue weighted by atomic mass is 10.0. The van der Waals surface area contributed by atoms with Gasteiger partial charge < -0.3 is 10.0 Å². The predicted molar refractivity (Wildman–Crippen MR) is 94.2 cm³/mol. The fourth-order valence-corrected chi connectivity index (χ4v) is 3.98. The number of aromatic nitrogens is 1. The van der Waals surface area contributed by atoms with Crippen molar-refractivity contribution < 1.29 is 5.11 Å². The number of hydrogen-bond donors (Lipinski definition) is 1. The highest BCUT2D eigenvalue weighted by Gasteiger charge is 2.43. The van der Waals surface area contributed by atoms with Gasteiger partial charge in [0.2, 0.25) is 0 Å². The van der Waals surface area contributed by atoms with E-state index in [1.807, 2.05) is 48.2 Å². The maximum atomic E-state index is 11.2. The van der Waals surface area contributed by atoms with Crippen LogP contribution in [0.1, 0.15) is 12.5 Å². The molecule has 6 heteroatoms. The van der Waals surface area contributed by atoms with Gasteiger partial charge in [0.05, 0.1) is 17.6 Å². The van der Waals surface area contributed by atoms with E-state index in [-0.39, 0.29) is 0 Å². The first-order chi connectivity index (χ1) is 10.6. The topological polar surface area (TPSA) is 48.7 Å². The van der Waals surface area contributed by atoms with E-state index in [0.29, 0.717) is 12.3 Å². The van der Waals surface area contributed by atoms with Crippen molar-refractivity contribution in [1.29, 1.82) is 0 Å². The van der Waals surface area contributed by atoms with E-state index in [4.69, 9.17) is 0 Å². The Morgan fingerprint density at radius 2 is 2.14 bits per heavy atom. The summed E-state index contributed by atoms with van der Waals surface area (Å²) >= 11 is 4.99. The summed E-state index contributed by atoms with van der Waals surface area (Å²) in [5.74, 6) is 0.557. The molecule has 1 fully saturated rings. The Kier molecular flexibility index (Phi) is 4.52. The van der Waals surface area contributed by atoms with Crippen LogP contribution >= 0.6 is 27.7 Å². The summed E-state index contributed by atoms with van der Waals surface area (Å²) in [6, 6.07) is 11.5. The summed E-state index contributed by atoms with van der Waals surface area (Å²) in [5.41, 5.74) is 0.645. The Bertz CT molecular complexity index is 678. The molecule has 3 rings (SSSR count). The summed E-state index contributed by atoms with van der Waals surface area (Å²) in [4.78, 5) is 10.6. The highest BCUT2D eigenvalue weighted by atomic mass is 79.9. The van der Waals surface area contributed by atoms with Gasteiger partial charge in [-0.1, -0.05) is 39.8 Å². The van der Waals surface area contributed by atoms with Gasteiger partial charge in [0.1, 0.15) is 0 Å². The van der Waals surface area contributed by atoms with Crippen molar-refractivity contribution in [2.75, 3.05) is 12.3 Å². The van der Waals surface area contributed by atoms with Crippen LogP contribution in [-0.2, 0) is 5.72 Å². The molecule has 0 spiro atoms. The number of amidine groups is 1. The van der Waals surface area contributed by atoms with Gasteiger partial charge in [-0.2, -0.15) is 0 Å². The van der Waals surface area contributed by atoms with E-state index in [2.05, 4.69) is 25.9 Å². The summed E-state index contributed by atoms with van der Waals surface area (Å²) in [7, 11) is 0. The molecule has 22 heavy (non-hydrogen) atoms. The third-order valence-electron chi connectivity index (χ3n) is 3.57. The Morgan fingerprint density at radius 3 is 2.77 bits per heavy atom. The summed E-state index contributed by atoms with van der Waals surface area (Å²) < 4.78 is 0.998. The molecule has 1 saturated heterocycles. The molecule has 0 amide bonds. The van der Waals surface area contributed by atoms with Gasteiger partial charge >= 0.3 is 0 Å². The lowest BCUT2D eigenvalue weighted by molar-refractivity contribution is -0.0452. The van der Waals surface area contributed by atoms with Crippen molar-refractivity contribution in [3.05, 3.63) is 58.8 Å². The molecule has 2 aromatic rings. The second-order valence-corrected chi connectivity index (χ2v) is 6.82. The Morgan fingerprint density at radius 1 is 1.36 bits per heavy atom. The quantitative estimate of drug-likeness (QED) is 0.884. The Hall–Kier alpha value is -1.37. The number of rotatable bonds is 3. The number of pyridine rings is 1. The minimum Gasteiger partial charge on any atom is -0.366 e. The number of benzene rings is 1. The predicted octanol–water partition coefficient (Wildman–Crippen LogP) is 3.75. The van der Waals surface area contributed by atoms with Crippen LogP contribution in [0.5, 0.6) is 0 Å². The largest absolute Gasteiger partial charge is 0.366 e. The van der Waals surface area contributed by atoms with Crippen LogP contribution in [0.4, 0.5) is 5.69 Å². The van der Waals surface area contributed by atoms with Gasteiger partial charge in [-0.05, 0) is 31.2 Å². The number of thioether (sulfide) groups is 1. The molecule has 1 aliphatic rings. The smallest absolute Gasteiger partial charge is 0.175 e. The van der Waals surface area contributed by atoms with Crippen LogP contribution in [0.3, 0.4) is 0 Å². The average molecular weight is 378 g/mol. The number of hydrogen-bond acceptors (Lipinski definition) is 4. The highest BCUT2D eigenvalue weighted by molar-refractivity contribution is 9.10. The van der Waals surface area contributed by atoms with E-state index in [9.17, 15) is 5.11 Å². The van der Waals surface area contributed by atoms with Crippen molar-refractivity contribution in [2.45, 2.75) is 12.6 Å². The lowest BCUT2D eigenvalue weighted by Crippen LogP contribution is -2.44. The van der Waals surface area contributed by atoms with E-state index >= 15 is 0 Å². The molecule has 1 aromatic carbocycles. The summed E-state index contributed by atoms with van der Waals surface area (Å²) in [6.45, 7) is 2.70. The zero-order valence-electron chi connectivity index (χ0n) is 12.1. The van der Waals surface area contributed by atoms with Gasteiger partial charge in [0.15, 0.2) is 10.9 Å². The maximum Gasteiger partial charge on any atom is 0.175 e. The number of halogens is 1. The monoisotopic (exact) mass is 377 g/mol. The van der Waals surface area contributed by atoms with E-state index < -0.39 is 5.72 Å². The first-order valence-corrected chi connectivity index (χ1v) is 8.79. The minimum atomic E-state index is -1.03. The SMILES string of the molecule is CCN1C(=Nc2cccnc2)SCC1(O)c1ccc(Br)cc1. The van der Waals surface area contributed by atoms with Crippen molar-refractivity contribution >= 4 is 38.5 Å². The van der Waals surface area contributed by atoms with E-state index in [1.165, 1.54) is 0 Å². The van der Waals surface area contributed by atoms with Gasteiger partial charge in [-0.15, -0.1) is 0 Å². The van der Waals surface area contributed by atoms with Crippen molar-refractivity contribution in [3.8, 4) is 0 Å². The fourth-order valence-electron chi connectivity index (χ4n) is 2.46. The molecular formula is C16H16BrN3OS. The number of nitrogens with zero attached hydrogens (tertiary/aromatic N) is 3. The normalized spacial score (nSPS) is 23.2. The number of aliphatic hydroxyl groups is 1.